The number of carbonyl (C=O) groups excluding carboxylic acids is 1. The Hall–Kier alpha value is -2.86. The number of ether oxygens (including phenoxy) is 1. The molecule has 0 aliphatic rings. The van der Waals surface area contributed by atoms with E-state index in [1.165, 1.54) is 0 Å². The third-order valence-corrected chi connectivity index (χ3v) is 3.73. The zero-order valence-corrected chi connectivity index (χ0v) is 14.4. The molecule has 0 radical (unpaired) electrons. The predicted octanol–water partition coefficient (Wildman–Crippen LogP) is 2.95. The van der Waals surface area contributed by atoms with Gasteiger partial charge in [-0.05, 0) is 50.5 Å². The van der Waals surface area contributed by atoms with Crippen LogP contribution in [0, 0.1) is 0 Å². The Morgan fingerprint density at radius 3 is 2.68 bits per heavy atom. The normalized spacial score (nSPS) is 11.0. The van der Waals surface area contributed by atoms with Crippen molar-refractivity contribution in [1.82, 2.24) is 10.1 Å². The summed E-state index contributed by atoms with van der Waals surface area (Å²) >= 11 is 0. The maximum Gasteiger partial charge on any atom is 0.230 e. The van der Waals surface area contributed by atoms with Crippen LogP contribution in [-0.2, 0) is 11.2 Å². The number of nitrogens with zero attached hydrogens (tertiary/aromatic N) is 2. The summed E-state index contributed by atoms with van der Waals surface area (Å²) in [4.78, 5) is 14.3. The van der Waals surface area contributed by atoms with Crippen LogP contribution >= 0.6 is 0 Å². The molecule has 2 aromatic carbocycles. The van der Waals surface area contributed by atoms with Crippen LogP contribution in [0.1, 0.15) is 5.69 Å². The van der Waals surface area contributed by atoms with Crippen LogP contribution in [0.25, 0.3) is 11.0 Å². The number of rotatable bonds is 7. The van der Waals surface area contributed by atoms with Gasteiger partial charge in [-0.15, -0.1) is 0 Å². The summed E-state index contributed by atoms with van der Waals surface area (Å²) in [5.74, 6) is 0.641. The van der Waals surface area contributed by atoms with Gasteiger partial charge in [-0.2, -0.15) is 0 Å². The van der Waals surface area contributed by atoms with E-state index in [1.807, 2.05) is 62.6 Å². The highest BCUT2D eigenvalue weighted by Gasteiger charge is 2.12. The molecule has 0 fully saturated rings. The van der Waals surface area contributed by atoms with Gasteiger partial charge in [0.05, 0.1) is 6.42 Å². The van der Waals surface area contributed by atoms with Crippen molar-refractivity contribution in [2.45, 2.75) is 6.42 Å². The molecule has 6 heteroatoms. The zero-order chi connectivity index (χ0) is 17.6. The van der Waals surface area contributed by atoms with Gasteiger partial charge < -0.3 is 19.5 Å². The number of benzene rings is 2. The molecule has 0 saturated carbocycles. The molecule has 0 atom stereocenters. The van der Waals surface area contributed by atoms with Gasteiger partial charge in [-0.3, -0.25) is 4.79 Å². The molecule has 1 amide bonds. The average molecular weight is 339 g/mol. The molecule has 25 heavy (non-hydrogen) atoms. The van der Waals surface area contributed by atoms with E-state index in [0.29, 0.717) is 17.9 Å². The molecule has 1 N–H and O–H groups in total. The Morgan fingerprint density at radius 1 is 1.16 bits per heavy atom. The predicted molar refractivity (Wildman–Crippen MR) is 96.8 cm³/mol. The van der Waals surface area contributed by atoms with Crippen LogP contribution in [0.5, 0.6) is 5.75 Å². The first-order valence-corrected chi connectivity index (χ1v) is 8.12. The Labute approximate surface area is 146 Å². The average Bonchev–Trinajstić information content (AvgIpc) is 2.99. The summed E-state index contributed by atoms with van der Waals surface area (Å²) in [5, 5.41) is 7.70. The topological polar surface area (TPSA) is 67.6 Å². The molecule has 130 valence electrons. The SMILES string of the molecule is CN(C)CCOc1ccc(NC(=O)Cc2noc3ccccc23)cc1. The molecule has 3 aromatic rings. The smallest absolute Gasteiger partial charge is 0.230 e. The van der Waals surface area contributed by atoms with Gasteiger partial charge in [-0.25, -0.2) is 0 Å². The number of aromatic nitrogens is 1. The van der Waals surface area contributed by atoms with Crippen molar-refractivity contribution in [2.75, 3.05) is 32.6 Å². The lowest BCUT2D eigenvalue weighted by molar-refractivity contribution is -0.115. The third-order valence-electron chi connectivity index (χ3n) is 3.73. The van der Waals surface area contributed by atoms with Crippen LogP contribution in [0.2, 0.25) is 0 Å². The number of nitrogens with one attached hydrogen (secondary N) is 1. The van der Waals surface area contributed by atoms with Gasteiger partial charge in [0.2, 0.25) is 5.91 Å². The number of fused-ring (bicyclic) bond motifs is 1. The van der Waals surface area contributed by atoms with Crippen molar-refractivity contribution < 1.29 is 14.1 Å². The van der Waals surface area contributed by atoms with Crippen LogP contribution in [-0.4, -0.2) is 43.2 Å². The standard InChI is InChI=1S/C19H21N3O3/c1-22(2)11-12-24-15-9-7-14(8-10-15)20-19(23)13-17-16-5-3-4-6-18(16)25-21-17/h3-10H,11-13H2,1-2H3,(H,20,23). The zero-order valence-electron chi connectivity index (χ0n) is 14.4. The highest BCUT2D eigenvalue weighted by Crippen LogP contribution is 2.19. The van der Waals surface area contributed by atoms with Crippen LogP contribution in [0.15, 0.2) is 53.1 Å². The van der Waals surface area contributed by atoms with E-state index in [0.717, 1.165) is 23.4 Å². The molecule has 0 saturated heterocycles. The van der Waals surface area contributed by atoms with Gasteiger partial charge in [-0.1, -0.05) is 17.3 Å². The highest BCUT2D eigenvalue weighted by molar-refractivity contribution is 5.94. The van der Waals surface area contributed by atoms with E-state index in [9.17, 15) is 4.79 Å². The molecule has 0 aliphatic heterocycles. The summed E-state index contributed by atoms with van der Waals surface area (Å²) in [6, 6.07) is 14.8. The lowest BCUT2D eigenvalue weighted by Gasteiger charge is -2.11. The second-order valence-electron chi connectivity index (χ2n) is 6.03. The van der Waals surface area contributed by atoms with Gasteiger partial charge in [0, 0.05) is 17.6 Å². The molecule has 1 heterocycles. The largest absolute Gasteiger partial charge is 0.492 e. The van der Waals surface area contributed by atoms with Crippen LogP contribution in [0.3, 0.4) is 0 Å². The third kappa shape index (κ3) is 4.58. The van der Waals surface area contributed by atoms with E-state index in [2.05, 4.69) is 15.4 Å². The van der Waals surface area contributed by atoms with Crippen molar-refractivity contribution in [2.24, 2.45) is 0 Å². The first kappa shape index (κ1) is 17.0. The molecule has 0 aliphatic carbocycles. The van der Waals surface area contributed by atoms with E-state index in [-0.39, 0.29) is 12.3 Å². The van der Waals surface area contributed by atoms with Crippen LogP contribution < -0.4 is 10.1 Å². The maximum absolute atomic E-state index is 12.2. The number of amides is 1. The fraction of sp³-hybridized carbons (Fsp3) is 0.263. The molecular formula is C19H21N3O3. The van der Waals surface area contributed by atoms with Gasteiger partial charge in [0.25, 0.3) is 0 Å². The minimum Gasteiger partial charge on any atom is -0.492 e. The first-order chi connectivity index (χ1) is 12.1. The fourth-order valence-corrected chi connectivity index (χ4v) is 2.40. The molecule has 6 nitrogen and oxygen atoms in total. The first-order valence-electron chi connectivity index (χ1n) is 8.12. The fourth-order valence-electron chi connectivity index (χ4n) is 2.40. The quantitative estimate of drug-likeness (QED) is 0.717. The second-order valence-corrected chi connectivity index (χ2v) is 6.03. The monoisotopic (exact) mass is 339 g/mol. The number of hydrogen-bond acceptors (Lipinski definition) is 5. The molecule has 0 bridgehead atoms. The number of para-hydroxylation sites is 1. The number of likely N-dealkylation sites (N-methyl/N-ethyl adjacent to an activating group) is 1. The summed E-state index contributed by atoms with van der Waals surface area (Å²) < 4.78 is 10.9. The lowest BCUT2D eigenvalue weighted by atomic mass is 10.1. The van der Waals surface area contributed by atoms with Gasteiger partial charge in [0.1, 0.15) is 18.1 Å². The van der Waals surface area contributed by atoms with Crippen molar-refractivity contribution in [3.05, 3.63) is 54.2 Å². The Morgan fingerprint density at radius 2 is 1.92 bits per heavy atom. The number of carbonyl (C=O) groups is 1. The van der Waals surface area contributed by atoms with E-state index >= 15 is 0 Å². The maximum atomic E-state index is 12.2. The Balaban J connectivity index is 1.56. The minimum atomic E-state index is -0.139. The summed E-state index contributed by atoms with van der Waals surface area (Å²) in [7, 11) is 4.00. The molecule has 1 aromatic heterocycles. The van der Waals surface area contributed by atoms with Gasteiger partial charge in [0.15, 0.2) is 5.58 Å². The summed E-state index contributed by atoms with van der Waals surface area (Å²) in [6.45, 7) is 1.47. The van der Waals surface area contributed by atoms with Crippen molar-refractivity contribution >= 4 is 22.6 Å². The van der Waals surface area contributed by atoms with E-state index < -0.39 is 0 Å². The number of anilines is 1. The minimum absolute atomic E-state index is 0.139. The summed E-state index contributed by atoms with van der Waals surface area (Å²) in [5.41, 5.74) is 2.04. The molecule has 3 rings (SSSR count). The molecule has 0 unspecified atom stereocenters. The Bertz CT molecular complexity index is 841. The van der Waals surface area contributed by atoms with Gasteiger partial charge >= 0.3 is 0 Å². The van der Waals surface area contributed by atoms with Crippen molar-refractivity contribution in [3.8, 4) is 5.75 Å². The van der Waals surface area contributed by atoms with Crippen molar-refractivity contribution in [1.29, 1.82) is 0 Å². The number of hydrogen-bond donors (Lipinski definition) is 1. The summed E-state index contributed by atoms with van der Waals surface area (Å²) in [6.07, 6.45) is 0.165. The van der Waals surface area contributed by atoms with E-state index in [4.69, 9.17) is 9.26 Å². The molecule has 0 spiro atoms. The molecular weight excluding hydrogens is 318 g/mol. The van der Waals surface area contributed by atoms with Crippen molar-refractivity contribution in [3.63, 3.8) is 0 Å². The lowest BCUT2D eigenvalue weighted by Crippen LogP contribution is -2.19. The highest BCUT2D eigenvalue weighted by atomic mass is 16.5. The Kier molecular flexibility index (Phi) is 5.30. The van der Waals surface area contributed by atoms with E-state index in [1.54, 1.807) is 0 Å². The van der Waals surface area contributed by atoms with Crippen LogP contribution in [0.4, 0.5) is 5.69 Å². The second kappa shape index (κ2) is 7.81.